The van der Waals surface area contributed by atoms with Crippen LogP contribution in [0.25, 0.3) is 11.0 Å². The lowest BCUT2D eigenvalue weighted by atomic mass is 10.1. The minimum atomic E-state index is -0.320. The van der Waals surface area contributed by atoms with Crippen molar-refractivity contribution in [2.45, 2.75) is 32.4 Å². The van der Waals surface area contributed by atoms with Gasteiger partial charge in [0.05, 0.1) is 41.4 Å². The molecule has 0 aliphatic carbocycles. The van der Waals surface area contributed by atoms with Crippen LogP contribution in [-0.4, -0.2) is 29.2 Å². The smallest absolute Gasteiger partial charge is 0.253 e. The number of aromatic nitrogens is 2. The summed E-state index contributed by atoms with van der Waals surface area (Å²) in [5.41, 5.74) is 3.45. The molecule has 186 valence electrons. The van der Waals surface area contributed by atoms with Gasteiger partial charge in [0.15, 0.2) is 11.5 Å². The summed E-state index contributed by atoms with van der Waals surface area (Å²) in [5, 5.41) is 3.46. The normalized spacial score (nSPS) is 11.8. The number of amides is 1. The van der Waals surface area contributed by atoms with Crippen molar-refractivity contribution >= 4 is 28.5 Å². The first-order chi connectivity index (χ1) is 17.5. The number of para-hydroxylation sites is 2. The number of allylic oxidation sites excluding steroid dienone is 1. The Hall–Kier alpha value is -3.77. The Bertz CT molecular complexity index is 1370. The molecular weight excluding hydrogens is 474 g/mol. The van der Waals surface area contributed by atoms with Gasteiger partial charge in [0.25, 0.3) is 5.91 Å². The van der Waals surface area contributed by atoms with Gasteiger partial charge in [0, 0.05) is 6.54 Å². The fourth-order valence-electron chi connectivity index (χ4n) is 4.17. The summed E-state index contributed by atoms with van der Waals surface area (Å²) >= 11 is 6.22. The van der Waals surface area contributed by atoms with Gasteiger partial charge < -0.3 is 19.4 Å². The van der Waals surface area contributed by atoms with Crippen molar-refractivity contribution in [1.82, 2.24) is 14.9 Å². The number of halogens is 1. The molecule has 0 aliphatic heterocycles. The number of methoxy groups -OCH3 is 1. The highest BCUT2D eigenvalue weighted by Gasteiger charge is 2.20. The van der Waals surface area contributed by atoms with Crippen LogP contribution in [0.15, 0.2) is 79.4 Å². The molecule has 0 spiro atoms. The zero-order valence-corrected chi connectivity index (χ0v) is 21.3. The minimum absolute atomic E-state index is 0.234. The highest BCUT2D eigenvalue weighted by atomic mass is 35.5. The molecule has 0 bridgehead atoms. The largest absolute Gasteiger partial charge is 0.493 e. The first-order valence-electron chi connectivity index (χ1n) is 11.9. The molecule has 4 rings (SSSR count). The fourth-order valence-corrected chi connectivity index (χ4v) is 4.40. The molecule has 7 heteroatoms. The van der Waals surface area contributed by atoms with Gasteiger partial charge in [-0.05, 0) is 61.7 Å². The first kappa shape index (κ1) is 25.3. The number of rotatable bonds is 11. The van der Waals surface area contributed by atoms with Crippen LogP contribution >= 0.6 is 11.6 Å². The lowest BCUT2D eigenvalue weighted by Gasteiger charge is -2.17. The van der Waals surface area contributed by atoms with E-state index in [4.69, 9.17) is 26.1 Å². The van der Waals surface area contributed by atoms with E-state index in [-0.39, 0.29) is 11.9 Å². The maximum atomic E-state index is 12.8. The number of nitrogens with one attached hydrogen (secondary N) is 1. The number of hydrogen-bond donors (Lipinski definition) is 1. The van der Waals surface area contributed by atoms with E-state index in [1.165, 1.54) is 0 Å². The number of imidazole rings is 1. The second-order valence-electron chi connectivity index (χ2n) is 8.47. The predicted octanol–water partition coefficient (Wildman–Crippen LogP) is 6.39. The zero-order chi connectivity index (χ0) is 25.5. The maximum Gasteiger partial charge on any atom is 0.253 e. The Labute approximate surface area is 216 Å². The summed E-state index contributed by atoms with van der Waals surface area (Å²) in [7, 11) is 1.64. The van der Waals surface area contributed by atoms with E-state index in [0.29, 0.717) is 35.2 Å². The van der Waals surface area contributed by atoms with Gasteiger partial charge >= 0.3 is 0 Å². The number of carbonyl (C=O) groups is 1. The summed E-state index contributed by atoms with van der Waals surface area (Å²) in [4.78, 5) is 17.7. The number of benzene rings is 3. The molecule has 1 N–H and O–H groups in total. The van der Waals surface area contributed by atoms with Crippen LogP contribution in [0.2, 0.25) is 5.02 Å². The van der Waals surface area contributed by atoms with Gasteiger partial charge in [-0.15, -0.1) is 6.58 Å². The molecule has 36 heavy (non-hydrogen) atoms. The third-order valence-electron chi connectivity index (χ3n) is 5.93. The standard InChI is InChI=1S/C29H30ClN3O3/c1-4-10-21-15-16-26(27(19-21)35-3)36-18-9-17-33-25-14-8-7-13-24(25)32-28(33)20(2)31-29(34)22-11-5-6-12-23(22)30/h4-8,11-16,19-20H,1,9-10,17-18H2,2-3H3,(H,31,34). The molecule has 1 atom stereocenters. The molecule has 1 aromatic heterocycles. The van der Waals surface area contributed by atoms with Crippen molar-refractivity contribution in [2.75, 3.05) is 13.7 Å². The molecule has 1 unspecified atom stereocenters. The number of ether oxygens (including phenoxy) is 2. The number of hydrogen-bond acceptors (Lipinski definition) is 4. The number of fused-ring (bicyclic) bond motifs is 1. The van der Waals surface area contributed by atoms with Gasteiger partial charge in [0.1, 0.15) is 5.82 Å². The molecule has 1 amide bonds. The second-order valence-corrected chi connectivity index (χ2v) is 8.87. The van der Waals surface area contributed by atoms with Crippen molar-refractivity contribution < 1.29 is 14.3 Å². The Morgan fingerprint density at radius 3 is 2.69 bits per heavy atom. The van der Waals surface area contributed by atoms with Crippen molar-refractivity contribution in [3.8, 4) is 11.5 Å². The monoisotopic (exact) mass is 503 g/mol. The third-order valence-corrected chi connectivity index (χ3v) is 6.26. The Balaban J connectivity index is 1.47. The number of aryl methyl sites for hydroxylation is 1. The van der Waals surface area contributed by atoms with Gasteiger partial charge in [-0.2, -0.15) is 0 Å². The fraction of sp³-hybridized carbons (Fsp3) is 0.241. The van der Waals surface area contributed by atoms with Crippen LogP contribution in [0.4, 0.5) is 0 Å². The van der Waals surface area contributed by atoms with E-state index < -0.39 is 0 Å². The molecule has 0 saturated heterocycles. The lowest BCUT2D eigenvalue weighted by Crippen LogP contribution is -2.29. The molecular formula is C29H30ClN3O3. The van der Waals surface area contributed by atoms with E-state index in [9.17, 15) is 4.79 Å². The van der Waals surface area contributed by atoms with Crippen LogP contribution in [0.1, 0.15) is 41.1 Å². The Morgan fingerprint density at radius 2 is 1.92 bits per heavy atom. The van der Waals surface area contributed by atoms with Crippen LogP contribution < -0.4 is 14.8 Å². The second kappa shape index (κ2) is 11.8. The van der Waals surface area contributed by atoms with E-state index in [0.717, 1.165) is 35.3 Å². The van der Waals surface area contributed by atoms with Crippen LogP contribution in [0.5, 0.6) is 11.5 Å². The quantitative estimate of drug-likeness (QED) is 0.190. The van der Waals surface area contributed by atoms with E-state index >= 15 is 0 Å². The average Bonchev–Trinajstić information content (AvgIpc) is 3.26. The van der Waals surface area contributed by atoms with Crippen LogP contribution in [0, 0.1) is 0 Å². The Morgan fingerprint density at radius 1 is 1.14 bits per heavy atom. The summed E-state index contributed by atoms with van der Waals surface area (Å²) < 4.78 is 13.7. The Kier molecular flexibility index (Phi) is 8.28. The highest BCUT2D eigenvalue weighted by molar-refractivity contribution is 6.33. The minimum Gasteiger partial charge on any atom is -0.493 e. The molecule has 1 heterocycles. The zero-order valence-electron chi connectivity index (χ0n) is 20.5. The molecule has 6 nitrogen and oxygen atoms in total. The van der Waals surface area contributed by atoms with Crippen molar-refractivity contribution in [2.24, 2.45) is 0 Å². The van der Waals surface area contributed by atoms with Gasteiger partial charge in [-0.1, -0.05) is 48.0 Å². The molecule has 3 aromatic carbocycles. The van der Waals surface area contributed by atoms with Gasteiger partial charge in [-0.3, -0.25) is 4.79 Å². The van der Waals surface area contributed by atoms with Crippen molar-refractivity contribution in [3.05, 3.63) is 101 Å². The summed E-state index contributed by atoms with van der Waals surface area (Å²) in [5.74, 6) is 1.96. The molecule has 0 saturated carbocycles. The molecule has 4 aromatic rings. The van der Waals surface area contributed by atoms with E-state index in [1.807, 2.05) is 55.5 Å². The molecule has 0 aliphatic rings. The van der Waals surface area contributed by atoms with Crippen molar-refractivity contribution in [1.29, 1.82) is 0 Å². The number of carbonyl (C=O) groups excluding carboxylic acids is 1. The third kappa shape index (κ3) is 5.71. The maximum absolute atomic E-state index is 12.8. The lowest BCUT2D eigenvalue weighted by molar-refractivity contribution is 0.0937. The van der Waals surface area contributed by atoms with Crippen LogP contribution in [0.3, 0.4) is 0 Å². The van der Waals surface area contributed by atoms with E-state index in [2.05, 4.69) is 16.5 Å². The average molecular weight is 504 g/mol. The number of nitrogens with zero attached hydrogens (tertiary/aromatic N) is 2. The van der Waals surface area contributed by atoms with Gasteiger partial charge in [0.2, 0.25) is 0 Å². The summed E-state index contributed by atoms with van der Waals surface area (Å²) in [6.07, 6.45) is 3.38. The summed E-state index contributed by atoms with van der Waals surface area (Å²) in [6.45, 7) is 6.90. The van der Waals surface area contributed by atoms with Crippen LogP contribution in [-0.2, 0) is 13.0 Å². The first-order valence-corrected chi connectivity index (χ1v) is 12.3. The molecule has 0 radical (unpaired) electrons. The topological polar surface area (TPSA) is 65.4 Å². The van der Waals surface area contributed by atoms with Crippen molar-refractivity contribution in [3.63, 3.8) is 0 Å². The van der Waals surface area contributed by atoms with Gasteiger partial charge in [-0.25, -0.2) is 4.98 Å². The summed E-state index contributed by atoms with van der Waals surface area (Å²) in [6, 6.07) is 20.6. The SMILES string of the molecule is C=CCc1ccc(OCCCn2c(C(C)NC(=O)c3ccccc3Cl)nc3ccccc32)c(OC)c1. The van der Waals surface area contributed by atoms with E-state index in [1.54, 1.807) is 31.4 Å². The highest BCUT2D eigenvalue weighted by Crippen LogP contribution is 2.29. The predicted molar refractivity (Wildman–Crippen MR) is 144 cm³/mol. The molecule has 0 fully saturated rings.